The maximum Gasteiger partial charge on any atom is 0.221 e. The highest BCUT2D eigenvalue weighted by Gasteiger charge is 2.23. The van der Waals surface area contributed by atoms with Gasteiger partial charge in [0, 0.05) is 7.05 Å². The molecule has 0 spiro atoms. The lowest BCUT2D eigenvalue weighted by Gasteiger charge is -2.00. The minimum atomic E-state index is 0.0112. The van der Waals surface area contributed by atoms with E-state index in [9.17, 15) is 4.79 Å². The van der Waals surface area contributed by atoms with E-state index in [1.807, 2.05) is 59.3 Å². The van der Waals surface area contributed by atoms with Gasteiger partial charge < -0.3 is 4.57 Å². The Balaban J connectivity index is 2.07. The molecule has 0 saturated heterocycles. The van der Waals surface area contributed by atoms with Crippen molar-refractivity contribution in [3.63, 3.8) is 0 Å². The van der Waals surface area contributed by atoms with Gasteiger partial charge in [0.2, 0.25) is 11.6 Å². The summed E-state index contributed by atoms with van der Waals surface area (Å²) < 4.78 is 4.93. The molecule has 0 aliphatic rings. The molecule has 0 aliphatic heterocycles. The fraction of sp³-hybridized carbons (Fsp3) is 0.125. The van der Waals surface area contributed by atoms with Crippen molar-refractivity contribution >= 4 is 49.9 Å². The summed E-state index contributed by atoms with van der Waals surface area (Å²) in [6.07, 6.45) is 0. The van der Waals surface area contributed by atoms with Crippen molar-refractivity contribution in [2.75, 3.05) is 0 Å². The summed E-state index contributed by atoms with van der Waals surface area (Å²) in [7, 11) is 1.97. The summed E-state index contributed by atoms with van der Waals surface area (Å²) in [6.45, 7) is 1.89. The second-order valence-corrected chi connectivity index (χ2v) is 7.62. The number of ketones is 1. The van der Waals surface area contributed by atoms with E-state index in [1.165, 1.54) is 11.3 Å². The van der Waals surface area contributed by atoms with Crippen LogP contribution in [-0.4, -0.2) is 19.7 Å². The Hall–Kier alpha value is -1.92. The van der Waals surface area contributed by atoms with Crippen LogP contribution in [0, 0.1) is 6.92 Å². The lowest BCUT2D eigenvalue weighted by molar-refractivity contribution is 0.103. The van der Waals surface area contributed by atoms with Crippen LogP contribution in [0.1, 0.15) is 21.1 Å². The van der Waals surface area contributed by atoms with Gasteiger partial charge in [-0.25, -0.2) is 4.98 Å². The number of thiophene rings is 1. The molecular formula is C16H12BrN3OS. The van der Waals surface area contributed by atoms with E-state index in [0.717, 1.165) is 26.3 Å². The van der Waals surface area contributed by atoms with Gasteiger partial charge in [0.05, 0.1) is 25.4 Å². The molecule has 0 fully saturated rings. The first-order valence-electron chi connectivity index (χ1n) is 6.80. The second-order valence-electron chi connectivity index (χ2n) is 5.16. The van der Waals surface area contributed by atoms with Crippen molar-refractivity contribution in [1.82, 2.24) is 14.0 Å². The van der Waals surface area contributed by atoms with Gasteiger partial charge in [-0.15, -0.1) is 11.3 Å². The smallest absolute Gasteiger partial charge is 0.221 e. The summed E-state index contributed by atoms with van der Waals surface area (Å²) in [4.78, 5) is 18.2. The monoisotopic (exact) mass is 373 g/mol. The highest BCUT2D eigenvalue weighted by Crippen LogP contribution is 2.28. The van der Waals surface area contributed by atoms with E-state index in [1.54, 1.807) is 0 Å². The molecule has 1 aromatic carbocycles. The SMILES string of the molecule is Cc1nc2n(C)c3ccccc3n2c1C(=O)c1ccc(Br)s1. The van der Waals surface area contributed by atoms with Crippen LogP contribution in [-0.2, 0) is 7.05 Å². The number of fused-ring (bicyclic) bond motifs is 3. The normalized spacial score (nSPS) is 11.6. The zero-order valence-corrected chi connectivity index (χ0v) is 14.4. The quantitative estimate of drug-likeness (QED) is 0.494. The highest BCUT2D eigenvalue weighted by atomic mass is 79.9. The molecule has 0 unspecified atom stereocenters. The summed E-state index contributed by atoms with van der Waals surface area (Å²) >= 11 is 4.86. The Bertz CT molecular complexity index is 1040. The number of nitrogens with zero attached hydrogens (tertiary/aromatic N) is 3. The van der Waals surface area contributed by atoms with E-state index in [0.29, 0.717) is 10.6 Å². The van der Waals surface area contributed by atoms with E-state index < -0.39 is 0 Å². The van der Waals surface area contributed by atoms with Crippen molar-refractivity contribution in [3.05, 3.63) is 56.4 Å². The molecule has 4 aromatic rings. The van der Waals surface area contributed by atoms with Crippen molar-refractivity contribution in [3.8, 4) is 0 Å². The molecule has 4 rings (SSSR count). The number of aromatic nitrogens is 3. The summed E-state index contributed by atoms with van der Waals surface area (Å²) in [6, 6.07) is 11.8. The van der Waals surface area contributed by atoms with Gasteiger partial charge in [0.25, 0.3) is 0 Å². The topological polar surface area (TPSA) is 39.3 Å². The predicted molar refractivity (Wildman–Crippen MR) is 91.9 cm³/mol. The van der Waals surface area contributed by atoms with E-state index in [2.05, 4.69) is 20.9 Å². The number of imidazole rings is 2. The van der Waals surface area contributed by atoms with Crippen LogP contribution >= 0.6 is 27.3 Å². The lowest BCUT2D eigenvalue weighted by Crippen LogP contribution is -2.04. The number of para-hydroxylation sites is 2. The molecule has 6 heteroatoms. The zero-order valence-electron chi connectivity index (χ0n) is 12.0. The number of rotatable bonds is 2. The number of hydrogen-bond donors (Lipinski definition) is 0. The minimum absolute atomic E-state index is 0.0112. The highest BCUT2D eigenvalue weighted by molar-refractivity contribution is 9.11. The summed E-state index contributed by atoms with van der Waals surface area (Å²) in [5.74, 6) is 0.801. The predicted octanol–water partition coefficient (Wildman–Crippen LogP) is 4.19. The Morgan fingerprint density at radius 2 is 1.91 bits per heavy atom. The molecule has 3 heterocycles. The average Bonchev–Trinajstić information content (AvgIpc) is 3.15. The first-order valence-corrected chi connectivity index (χ1v) is 8.41. The molecule has 0 atom stereocenters. The van der Waals surface area contributed by atoms with Crippen LogP contribution in [0.15, 0.2) is 40.2 Å². The van der Waals surface area contributed by atoms with E-state index in [4.69, 9.17) is 0 Å². The minimum Gasteiger partial charge on any atom is -0.313 e. The van der Waals surface area contributed by atoms with Gasteiger partial charge in [0.15, 0.2) is 0 Å². The third-order valence-corrected chi connectivity index (χ3v) is 5.45. The Labute approximate surface area is 139 Å². The number of benzene rings is 1. The molecular weight excluding hydrogens is 362 g/mol. The Morgan fingerprint density at radius 3 is 2.59 bits per heavy atom. The van der Waals surface area contributed by atoms with Crippen molar-refractivity contribution in [1.29, 1.82) is 0 Å². The Kier molecular flexibility index (Phi) is 2.99. The number of halogens is 1. The van der Waals surface area contributed by atoms with Gasteiger partial charge in [-0.1, -0.05) is 12.1 Å². The van der Waals surface area contributed by atoms with Crippen molar-refractivity contribution < 1.29 is 4.79 Å². The van der Waals surface area contributed by atoms with E-state index in [-0.39, 0.29) is 5.78 Å². The van der Waals surface area contributed by atoms with Crippen molar-refractivity contribution in [2.45, 2.75) is 6.92 Å². The zero-order chi connectivity index (χ0) is 15.4. The number of carbonyl (C=O) groups is 1. The van der Waals surface area contributed by atoms with Gasteiger partial charge in [0.1, 0.15) is 5.69 Å². The fourth-order valence-corrected chi connectivity index (χ4v) is 4.16. The third kappa shape index (κ3) is 1.80. The molecule has 0 aliphatic carbocycles. The Morgan fingerprint density at radius 1 is 1.18 bits per heavy atom. The number of hydrogen-bond acceptors (Lipinski definition) is 3. The molecule has 0 radical (unpaired) electrons. The first kappa shape index (κ1) is 13.7. The standard InChI is InChI=1S/C16H12BrN3OS/c1-9-14(15(21)12-7-8-13(17)22-12)20-11-6-4-3-5-10(11)19(2)16(20)18-9/h3-8H,1-2H3. The van der Waals surface area contributed by atoms with Crippen LogP contribution in [0.4, 0.5) is 0 Å². The van der Waals surface area contributed by atoms with Crippen LogP contribution in [0.2, 0.25) is 0 Å². The van der Waals surface area contributed by atoms with Gasteiger partial charge in [-0.05, 0) is 47.1 Å². The average molecular weight is 374 g/mol. The van der Waals surface area contributed by atoms with Crippen LogP contribution < -0.4 is 0 Å². The summed E-state index contributed by atoms with van der Waals surface area (Å²) in [5.41, 5.74) is 3.46. The summed E-state index contributed by atoms with van der Waals surface area (Å²) in [5, 5.41) is 0. The molecule has 4 nitrogen and oxygen atoms in total. The first-order chi connectivity index (χ1) is 10.6. The molecule has 0 amide bonds. The molecule has 110 valence electrons. The van der Waals surface area contributed by atoms with Crippen LogP contribution in [0.5, 0.6) is 0 Å². The number of aryl methyl sites for hydroxylation is 2. The largest absolute Gasteiger partial charge is 0.313 e. The molecule has 0 saturated carbocycles. The maximum atomic E-state index is 12.9. The maximum absolute atomic E-state index is 12.9. The molecule has 0 N–H and O–H groups in total. The van der Waals surface area contributed by atoms with Gasteiger partial charge >= 0.3 is 0 Å². The molecule has 3 aromatic heterocycles. The number of carbonyl (C=O) groups excluding carboxylic acids is 1. The third-order valence-electron chi connectivity index (χ3n) is 3.83. The van der Waals surface area contributed by atoms with Crippen LogP contribution in [0.25, 0.3) is 16.8 Å². The molecule has 0 bridgehead atoms. The van der Waals surface area contributed by atoms with Crippen LogP contribution in [0.3, 0.4) is 0 Å². The van der Waals surface area contributed by atoms with Crippen molar-refractivity contribution in [2.24, 2.45) is 7.05 Å². The fourth-order valence-electron chi connectivity index (χ4n) is 2.83. The van der Waals surface area contributed by atoms with Gasteiger partial charge in [-0.3, -0.25) is 9.20 Å². The van der Waals surface area contributed by atoms with Gasteiger partial charge in [-0.2, -0.15) is 0 Å². The molecule has 22 heavy (non-hydrogen) atoms. The van der Waals surface area contributed by atoms with E-state index >= 15 is 0 Å². The second kappa shape index (κ2) is 4.79. The lowest BCUT2D eigenvalue weighted by atomic mass is 10.2.